The fourth-order valence-corrected chi connectivity index (χ4v) is 6.35. The van der Waals surface area contributed by atoms with Gasteiger partial charge in [0.25, 0.3) is 5.56 Å². The number of aromatic nitrogens is 1. The van der Waals surface area contributed by atoms with E-state index in [9.17, 15) is 9.59 Å². The topological polar surface area (TPSA) is 97.6 Å². The third-order valence-corrected chi connectivity index (χ3v) is 8.65. The number of benzene rings is 3. The maximum absolute atomic E-state index is 14.2. The van der Waals surface area contributed by atoms with Crippen molar-refractivity contribution < 1.29 is 28.5 Å². The molecular formula is C36H38N2O7S. The van der Waals surface area contributed by atoms with E-state index in [0.29, 0.717) is 50.2 Å². The lowest BCUT2D eigenvalue weighted by atomic mass is 9.95. The standard InChI is InChI=1S/C36H38N2O7S/c1-6-7-11-18-44-28-17-15-26(21-30(28)43-5)33-32(35(40)45-22-24-12-9-8-10-13-24)23(2)37-36-38(33)34(39)31(46-36)20-25-14-16-27(41-3)29(19-25)42-4/h8-10,12-17,19-21,33H,6-7,11,18,22H2,1-5H3/b31-20-. The molecule has 0 aliphatic carbocycles. The molecule has 10 heteroatoms. The minimum Gasteiger partial charge on any atom is -0.493 e. The average Bonchev–Trinajstić information content (AvgIpc) is 3.38. The Labute approximate surface area is 272 Å². The lowest BCUT2D eigenvalue weighted by Gasteiger charge is -2.25. The summed E-state index contributed by atoms with van der Waals surface area (Å²) in [5.74, 6) is 1.68. The van der Waals surface area contributed by atoms with E-state index >= 15 is 0 Å². The van der Waals surface area contributed by atoms with Gasteiger partial charge in [-0.2, -0.15) is 0 Å². The fraction of sp³-hybridized carbons (Fsp3) is 0.306. The molecule has 0 spiro atoms. The molecule has 1 aromatic heterocycles. The van der Waals surface area contributed by atoms with Crippen molar-refractivity contribution in [3.05, 3.63) is 114 Å². The van der Waals surface area contributed by atoms with Gasteiger partial charge in [0.15, 0.2) is 27.8 Å². The summed E-state index contributed by atoms with van der Waals surface area (Å²) in [6.07, 6.45) is 4.86. The number of ether oxygens (including phenoxy) is 5. The van der Waals surface area contributed by atoms with Gasteiger partial charge in [-0.25, -0.2) is 9.79 Å². The summed E-state index contributed by atoms with van der Waals surface area (Å²) in [7, 11) is 4.70. The van der Waals surface area contributed by atoms with E-state index in [4.69, 9.17) is 28.7 Å². The van der Waals surface area contributed by atoms with Crippen LogP contribution in [-0.2, 0) is 16.1 Å². The first-order chi connectivity index (χ1) is 22.4. The zero-order valence-electron chi connectivity index (χ0n) is 26.7. The number of hydrogen-bond acceptors (Lipinski definition) is 9. The van der Waals surface area contributed by atoms with Crippen molar-refractivity contribution in [2.45, 2.75) is 45.8 Å². The Bertz CT molecular complexity index is 1910. The second-order valence-corrected chi connectivity index (χ2v) is 11.7. The summed E-state index contributed by atoms with van der Waals surface area (Å²) < 4.78 is 30.3. The normalized spacial score (nSPS) is 14.4. The molecule has 0 fully saturated rings. The second kappa shape index (κ2) is 15.0. The molecule has 1 aliphatic heterocycles. The van der Waals surface area contributed by atoms with Crippen LogP contribution in [0.25, 0.3) is 6.08 Å². The number of methoxy groups -OCH3 is 3. The highest BCUT2D eigenvalue weighted by Gasteiger charge is 2.34. The first-order valence-corrected chi connectivity index (χ1v) is 16.0. The van der Waals surface area contributed by atoms with Crippen LogP contribution in [0.4, 0.5) is 0 Å². The summed E-state index contributed by atoms with van der Waals surface area (Å²) in [5, 5.41) is 0. The van der Waals surface area contributed by atoms with Crippen molar-refractivity contribution in [3.63, 3.8) is 0 Å². The van der Waals surface area contributed by atoms with Crippen LogP contribution in [0.5, 0.6) is 23.0 Å². The van der Waals surface area contributed by atoms with Crippen LogP contribution in [0.1, 0.15) is 55.8 Å². The smallest absolute Gasteiger partial charge is 0.338 e. The van der Waals surface area contributed by atoms with Gasteiger partial charge in [-0.3, -0.25) is 9.36 Å². The SMILES string of the molecule is CCCCCOc1ccc(C2C(C(=O)OCc3ccccc3)=C(C)N=c3s/c(=C\c4ccc(OC)c(OC)c4)c(=O)n32)cc1OC. The highest BCUT2D eigenvalue weighted by atomic mass is 32.1. The van der Waals surface area contributed by atoms with Crippen LogP contribution < -0.4 is 33.8 Å². The molecule has 0 saturated heterocycles. The molecule has 0 bridgehead atoms. The van der Waals surface area contributed by atoms with Crippen LogP contribution in [0.3, 0.4) is 0 Å². The molecule has 0 N–H and O–H groups in total. The number of thiazole rings is 1. The molecule has 1 aliphatic rings. The first kappa shape index (κ1) is 32.6. The van der Waals surface area contributed by atoms with Gasteiger partial charge in [0, 0.05) is 0 Å². The highest BCUT2D eigenvalue weighted by Crippen LogP contribution is 2.36. The van der Waals surface area contributed by atoms with E-state index in [1.54, 1.807) is 51.0 Å². The summed E-state index contributed by atoms with van der Waals surface area (Å²) in [6, 6.07) is 19.6. The second-order valence-electron chi connectivity index (χ2n) is 10.7. The van der Waals surface area contributed by atoms with Crippen LogP contribution in [0, 0.1) is 0 Å². The predicted molar refractivity (Wildman–Crippen MR) is 178 cm³/mol. The van der Waals surface area contributed by atoms with E-state index in [-0.39, 0.29) is 17.7 Å². The molecule has 1 unspecified atom stereocenters. The van der Waals surface area contributed by atoms with E-state index in [0.717, 1.165) is 30.4 Å². The van der Waals surface area contributed by atoms with Gasteiger partial charge in [-0.1, -0.05) is 73.6 Å². The summed E-state index contributed by atoms with van der Waals surface area (Å²) in [5.41, 5.74) is 2.73. The summed E-state index contributed by atoms with van der Waals surface area (Å²) in [6.45, 7) is 4.55. The van der Waals surface area contributed by atoms with Gasteiger partial charge in [0.1, 0.15) is 6.61 Å². The molecule has 2 heterocycles. The largest absolute Gasteiger partial charge is 0.493 e. The quantitative estimate of drug-likeness (QED) is 0.139. The Kier molecular flexibility index (Phi) is 10.6. The zero-order valence-corrected chi connectivity index (χ0v) is 27.5. The number of carbonyl (C=O) groups excluding carboxylic acids is 1. The van der Waals surface area contributed by atoms with Gasteiger partial charge < -0.3 is 23.7 Å². The van der Waals surface area contributed by atoms with Gasteiger partial charge in [0.05, 0.1) is 49.8 Å². The fourth-order valence-electron chi connectivity index (χ4n) is 5.30. The average molecular weight is 643 g/mol. The molecule has 1 atom stereocenters. The first-order valence-electron chi connectivity index (χ1n) is 15.1. The summed E-state index contributed by atoms with van der Waals surface area (Å²) >= 11 is 1.25. The monoisotopic (exact) mass is 642 g/mol. The van der Waals surface area contributed by atoms with Crippen LogP contribution in [0.2, 0.25) is 0 Å². The van der Waals surface area contributed by atoms with Gasteiger partial charge in [0.2, 0.25) is 0 Å². The molecule has 5 rings (SSSR count). The van der Waals surface area contributed by atoms with Crippen molar-refractivity contribution >= 4 is 23.4 Å². The lowest BCUT2D eigenvalue weighted by Crippen LogP contribution is -2.39. The molecule has 0 saturated carbocycles. The van der Waals surface area contributed by atoms with Gasteiger partial charge in [-0.05, 0) is 60.4 Å². The third kappa shape index (κ3) is 7.02. The van der Waals surface area contributed by atoms with Crippen molar-refractivity contribution in [1.82, 2.24) is 4.57 Å². The molecule has 4 aromatic rings. The summed E-state index contributed by atoms with van der Waals surface area (Å²) in [4.78, 5) is 33.1. The molecule has 46 heavy (non-hydrogen) atoms. The molecule has 0 amide bonds. The van der Waals surface area contributed by atoms with Crippen LogP contribution in [-0.4, -0.2) is 38.5 Å². The number of carbonyl (C=O) groups is 1. The molecular weight excluding hydrogens is 604 g/mol. The van der Waals surface area contributed by atoms with E-state index < -0.39 is 12.0 Å². The van der Waals surface area contributed by atoms with Gasteiger partial charge >= 0.3 is 5.97 Å². The van der Waals surface area contributed by atoms with E-state index in [1.165, 1.54) is 11.3 Å². The Morgan fingerprint density at radius 3 is 2.35 bits per heavy atom. The Balaban J connectivity index is 1.60. The van der Waals surface area contributed by atoms with Crippen molar-refractivity contribution in [2.75, 3.05) is 27.9 Å². The minimum absolute atomic E-state index is 0.0841. The third-order valence-electron chi connectivity index (χ3n) is 7.67. The molecule has 9 nitrogen and oxygen atoms in total. The van der Waals surface area contributed by atoms with Gasteiger partial charge in [-0.15, -0.1) is 0 Å². The lowest BCUT2D eigenvalue weighted by molar-refractivity contribution is -0.140. The number of esters is 1. The van der Waals surface area contributed by atoms with Crippen molar-refractivity contribution in [2.24, 2.45) is 4.99 Å². The maximum Gasteiger partial charge on any atom is 0.338 e. The Morgan fingerprint density at radius 2 is 1.63 bits per heavy atom. The molecule has 240 valence electrons. The van der Waals surface area contributed by atoms with Crippen molar-refractivity contribution in [3.8, 4) is 23.0 Å². The number of fused-ring (bicyclic) bond motifs is 1. The van der Waals surface area contributed by atoms with Crippen LogP contribution in [0.15, 0.2) is 87.8 Å². The Morgan fingerprint density at radius 1 is 0.913 bits per heavy atom. The molecule has 0 radical (unpaired) electrons. The number of unbranched alkanes of at least 4 members (excludes halogenated alkanes) is 2. The maximum atomic E-state index is 14.2. The zero-order chi connectivity index (χ0) is 32.6. The number of allylic oxidation sites excluding steroid dienone is 1. The van der Waals surface area contributed by atoms with Crippen molar-refractivity contribution in [1.29, 1.82) is 0 Å². The highest BCUT2D eigenvalue weighted by molar-refractivity contribution is 7.07. The van der Waals surface area contributed by atoms with Crippen LogP contribution >= 0.6 is 11.3 Å². The predicted octanol–water partition coefficient (Wildman–Crippen LogP) is 5.57. The molecule has 3 aromatic carbocycles. The van der Waals surface area contributed by atoms with E-state index in [1.807, 2.05) is 54.6 Å². The Hall–Kier alpha value is -4.83. The van der Waals surface area contributed by atoms with E-state index in [2.05, 4.69) is 6.92 Å². The number of nitrogens with zero attached hydrogens (tertiary/aromatic N) is 2. The minimum atomic E-state index is -0.810. The number of rotatable bonds is 13. The number of hydrogen-bond donors (Lipinski definition) is 0.